The van der Waals surface area contributed by atoms with E-state index in [2.05, 4.69) is 35.5 Å². The number of carbonyl (C=O) groups excluding carboxylic acids is 1. The number of hydrogen-bond acceptors (Lipinski definition) is 2. The highest BCUT2D eigenvalue weighted by Gasteiger charge is 2.18. The molecular weight excluding hydrogens is 304 g/mol. The van der Waals surface area contributed by atoms with Crippen molar-refractivity contribution < 1.29 is 4.79 Å². The van der Waals surface area contributed by atoms with Crippen LogP contribution in [0, 0.1) is 0 Å². The Kier molecular flexibility index (Phi) is 4.72. The normalized spacial score (nSPS) is 10.9. The van der Waals surface area contributed by atoms with E-state index in [9.17, 15) is 4.79 Å². The third-order valence-corrected chi connectivity index (χ3v) is 4.62. The van der Waals surface area contributed by atoms with Crippen molar-refractivity contribution in [2.24, 2.45) is 0 Å². The highest BCUT2D eigenvalue weighted by atomic mass is 32.2. The van der Waals surface area contributed by atoms with Gasteiger partial charge in [-0.2, -0.15) is 11.8 Å². The molecule has 0 spiro atoms. The first kappa shape index (κ1) is 15.7. The minimum absolute atomic E-state index is 0.0586. The summed E-state index contributed by atoms with van der Waals surface area (Å²) in [5.41, 5.74) is 2.78. The number of aromatic amines is 1. The molecule has 0 radical (unpaired) electrons. The predicted molar refractivity (Wildman–Crippen MR) is 99.1 cm³/mol. The monoisotopic (exact) mass is 324 g/mol. The number of nitrogens with zero attached hydrogens (tertiary/aromatic N) is 1. The molecule has 3 aromatic rings. The second-order valence-corrected chi connectivity index (χ2v) is 6.51. The zero-order valence-corrected chi connectivity index (χ0v) is 14.2. The molecule has 0 aliphatic carbocycles. The molecule has 0 unspecified atom stereocenters. The number of benzene rings is 2. The van der Waals surface area contributed by atoms with Gasteiger partial charge in [-0.05, 0) is 22.6 Å². The zero-order valence-electron chi connectivity index (χ0n) is 13.4. The van der Waals surface area contributed by atoms with Crippen LogP contribution in [0.5, 0.6) is 0 Å². The van der Waals surface area contributed by atoms with Gasteiger partial charge in [-0.25, -0.2) is 0 Å². The highest BCUT2D eigenvalue weighted by Crippen LogP contribution is 2.31. The molecule has 118 valence electrons. The van der Waals surface area contributed by atoms with Crippen molar-refractivity contribution in [1.82, 2.24) is 9.88 Å². The minimum atomic E-state index is 0.0586. The number of thioether (sulfide) groups is 1. The van der Waals surface area contributed by atoms with Crippen molar-refractivity contribution >= 4 is 28.4 Å². The number of nitrogens with one attached hydrogen (secondary N) is 1. The van der Waals surface area contributed by atoms with Crippen LogP contribution in [-0.2, 0) is 0 Å². The van der Waals surface area contributed by atoms with Gasteiger partial charge in [-0.1, -0.05) is 42.5 Å². The Balaban J connectivity index is 2.02. The maximum Gasteiger partial charge on any atom is 0.255 e. The highest BCUT2D eigenvalue weighted by molar-refractivity contribution is 7.98. The van der Waals surface area contributed by atoms with Gasteiger partial charge in [0.25, 0.3) is 5.91 Å². The lowest BCUT2D eigenvalue weighted by molar-refractivity contribution is 0.0804. The zero-order chi connectivity index (χ0) is 16.2. The van der Waals surface area contributed by atoms with Gasteiger partial charge in [0, 0.05) is 37.3 Å². The van der Waals surface area contributed by atoms with Crippen LogP contribution in [-0.4, -0.2) is 41.4 Å². The Morgan fingerprint density at radius 2 is 1.87 bits per heavy atom. The van der Waals surface area contributed by atoms with Gasteiger partial charge in [-0.3, -0.25) is 4.79 Å². The summed E-state index contributed by atoms with van der Waals surface area (Å²) in [5.74, 6) is 0.999. The van der Waals surface area contributed by atoms with Crippen molar-refractivity contribution in [3.8, 4) is 11.1 Å². The fraction of sp³-hybridized carbons (Fsp3) is 0.211. The number of hydrogen-bond donors (Lipinski definition) is 1. The van der Waals surface area contributed by atoms with Crippen molar-refractivity contribution in [2.45, 2.75) is 0 Å². The van der Waals surface area contributed by atoms with Crippen LogP contribution in [0.3, 0.4) is 0 Å². The average molecular weight is 324 g/mol. The topological polar surface area (TPSA) is 36.1 Å². The van der Waals surface area contributed by atoms with E-state index >= 15 is 0 Å². The van der Waals surface area contributed by atoms with Crippen LogP contribution < -0.4 is 0 Å². The van der Waals surface area contributed by atoms with E-state index in [0.29, 0.717) is 0 Å². The number of carbonyl (C=O) groups is 1. The van der Waals surface area contributed by atoms with Crippen molar-refractivity contribution in [2.75, 3.05) is 25.6 Å². The summed E-state index contributed by atoms with van der Waals surface area (Å²) in [6.07, 6.45) is 5.77. The van der Waals surface area contributed by atoms with Crippen molar-refractivity contribution in [3.05, 3.63) is 60.4 Å². The predicted octanol–water partition coefficient (Wildman–Crippen LogP) is 4.27. The second kappa shape index (κ2) is 6.92. The van der Waals surface area contributed by atoms with Crippen LogP contribution in [0.25, 0.3) is 21.9 Å². The van der Waals surface area contributed by atoms with E-state index in [4.69, 9.17) is 0 Å². The van der Waals surface area contributed by atoms with Crippen LogP contribution >= 0.6 is 11.8 Å². The minimum Gasteiger partial charge on any atom is -0.366 e. The van der Waals surface area contributed by atoms with E-state index in [1.807, 2.05) is 31.4 Å². The molecule has 23 heavy (non-hydrogen) atoms. The first-order valence-electron chi connectivity index (χ1n) is 7.61. The molecule has 1 aromatic heterocycles. The number of rotatable bonds is 5. The average Bonchev–Trinajstić information content (AvgIpc) is 3.07. The Morgan fingerprint density at radius 3 is 2.70 bits per heavy atom. The Hall–Kier alpha value is -2.20. The molecule has 2 aromatic carbocycles. The number of aromatic nitrogens is 1. The quantitative estimate of drug-likeness (QED) is 0.761. The summed E-state index contributed by atoms with van der Waals surface area (Å²) < 4.78 is 0. The first-order valence-corrected chi connectivity index (χ1v) is 9.01. The van der Waals surface area contributed by atoms with Gasteiger partial charge >= 0.3 is 0 Å². The van der Waals surface area contributed by atoms with Crippen molar-refractivity contribution in [1.29, 1.82) is 0 Å². The number of fused-ring (bicyclic) bond motifs is 1. The molecule has 0 fully saturated rings. The van der Waals surface area contributed by atoms with Crippen molar-refractivity contribution in [3.63, 3.8) is 0 Å². The summed E-state index contributed by atoms with van der Waals surface area (Å²) in [6.45, 7) is 0.750. The molecule has 4 heteroatoms. The molecule has 0 aliphatic heterocycles. The van der Waals surface area contributed by atoms with E-state index in [0.717, 1.165) is 34.4 Å². The summed E-state index contributed by atoms with van der Waals surface area (Å²) >= 11 is 1.75. The molecule has 0 saturated heterocycles. The third-order valence-electron chi connectivity index (χ3n) is 4.03. The Bertz CT molecular complexity index is 820. The fourth-order valence-corrected chi connectivity index (χ4v) is 3.22. The molecule has 3 rings (SSSR count). The molecule has 1 amide bonds. The second-order valence-electron chi connectivity index (χ2n) is 5.53. The molecule has 0 saturated carbocycles. The third kappa shape index (κ3) is 3.13. The maximum atomic E-state index is 12.7. The van der Waals surface area contributed by atoms with Gasteiger partial charge in [0.2, 0.25) is 0 Å². The van der Waals surface area contributed by atoms with Gasteiger partial charge in [0.1, 0.15) is 0 Å². The molecule has 1 heterocycles. The maximum absolute atomic E-state index is 12.7. The standard InChI is InChI=1S/C19H20N2OS/c1-21(10-11-23-2)19(22)18-13-20-12-17(18)16-9-5-7-14-6-3-4-8-15(14)16/h3-9,12-13,20H,10-11H2,1-2H3. The van der Waals surface area contributed by atoms with Crippen LogP contribution in [0.2, 0.25) is 0 Å². The van der Waals surface area contributed by atoms with Crippen LogP contribution in [0.15, 0.2) is 54.9 Å². The molecule has 0 bridgehead atoms. The van der Waals surface area contributed by atoms with Gasteiger partial charge in [0.05, 0.1) is 5.56 Å². The Labute approximate surface area is 140 Å². The Morgan fingerprint density at radius 1 is 1.09 bits per heavy atom. The summed E-state index contributed by atoms with van der Waals surface area (Å²) in [4.78, 5) is 17.6. The SMILES string of the molecule is CSCCN(C)C(=O)c1c[nH]cc1-c1cccc2ccccc12. The lowest BCUT2D eigenvalue weighted by Gasteiger charge is -2.17. The lowest BCUT2D eigenvalue weighted by Crippen LogP contribution is -2.28. The van der Waals surface area contributed by atoms with Crippen LogP contribution in [0.4, 0.5) is 0 Å². The number of H-pyrrole nitrogens is 1. The van der Waals surface area contributed by atoms with Gasteiger partial charge in [-0.15, -0.1) is 0 Å². The summed E-state index contributed by atoms with van der Waals surface area (Å²) in [5, 5.41) is 2.34. The largest absolute Gasteiger partial charge is 0.366 e. The van der Waals surface area contributed by atoms with Crippen LogP contribution in [0.1, 0.15) is 10.4 Å². The first-order chi connectivity index (χ1) is 11.2. The van der Waals surface area contributed by atoms with E-state index in [-0.39, 0.29) is 5.91 Å². The van der Waals surface area contributed by atoms with E-state index < -0.39 is 0 Å². The molecule has 0 atom stereocenters. The molecule has 1 N–H and O–H groups in total. The lowest BCUT2D eigenvalue weighted by atomic mass is 9.97. The molecule has 3 nitrogen and oxygen atoms in total. The van der Waals surface area contributed by atoms with Gasteiger partial charge < -0.3 is 9.88 Å². The fourth-order valence-electron chi connectivity index (χ4n) is 2.76. The van der Waals surface area contributed by atoms with E-state index in [1.165, 1.54) is 5.39 Å². The summed E-state index contributed by atoms with van der Waals surface area (Å²) in [7, 11) is 1.86. The molecular formula is C19H20N2OS. The summed E-state index contributed by atoms with van der Waals surface area (Å²) in [6, 6.07) is 14.5. The number of amides is 1. The van der Waals surface area contributed by atoms with Gasteiger partial charge in [0.15, 0.2) is 0 Å². The smallest absolute Gasteiger partial charge is 0.255 e. The van der Waals surface area contributed by atoms with E-state index in [1.54, 1.807) is 22.9 Å². The molecule has 0 aliphatic rings.